The van der Waals surface area contributed by atoms with Crippen LogP contribution in [0.1, 0.15) is 25.7 Å². The van der Waals surface area contributed by atoms with E-state index in [1.807, 2.05) is 0 Å². The fraction of sp³-hybridized carbons (Fsp3) is 0.667. The molecule has 2 atom stereocenters. The van der Waals surface area contributed by atoms with Crippen molar-refractivity contribution in [3.05, 3.63) is 24.3 Å². The van der Waals surface area contributed by atoms with Crippen molar-refractivity contribution in [2.45, 2.75) is 25.7 Å². The third-order valence-corrected chi connectivity index (χ3v) is 2.89. The molecule has 0 N–H and O–H groups in total. The molecule has 2 rings (SSSR count). The summed E-state index contributed by atoms with van der Waals surface area (Å²) < 4.78 is 5.70. The first-order valence-electron chi connectivity index (χ1n) is 5.36. The Morgan fingerprint density at radius 1 is 0.923 bits per heavy atom. The molecular weight excluding hydrogens is 160 g/mol. The summed E-state index contributed by atoms with van der Waals surface area (Å²) in [5.41, 5.74) is 0. The summed E-state index contributed by atoms with van der Waals surface area (Å²) in [6, 6.07) is 0. The highest BCUT2D eigenvalue weighted by atomic mass is 16.5. The summed E-state index contributed by atoms with van der Waals surface area (Å²) in [6.45, 7) is 1.86. The molecule has 13 heavy (non-hydrogen) atoms. The third-order valence-electron chi connectivity index (χ3n) is 2.89. The second-order valence-electron chi connectivity index (χ2n) is 4.07. The molecule has 2 aliphatic rings. The largest absolute Gasteiger partial charge is 0.380 e. The van der Waals surface area contributed by atoms with Gasteiger partial charge < -0.3 is 4.74 Å². The van der Waals surface area contributed by atoms with Gasteiger partial charge >= 0.3 is 0 Å². The minimum atomic E-state index is 0.699. The van der Waals surface area contributed by atoms with Crippen molar-refractivity contribution in [1.29, 1.82) is 0 Å². The van der Waals surface area contributed by atoms with Gasteiger partial charge in [-0.2, -0.15) is 0 Å². The molecule has 72 valence electrons. The highest BCUT2D eigenvalue weighted by Crippen LogP contribution is 2.20. The minimum absolute atomic E-state index is 0.699. The van der Waals surface area contributed by atoms with E-state index < -0.39 is 0 Å². The van der Waals surface area contributed by atoms with Crippen LogP contribution >= 0.6 is 0 Å². The van der Waals surface area contributed by atoms with Gasteiger partial charge in [0.15, 0.2) is 0 Å². The fourth-order valence-corrected chi connectivity index (χ4v) is 2.04. The van der Waals surface area contributed by atoms with Crippen LogP contribution in [0.4, 0.5) is 0 Å². The summed E-state index contributed by atoms with van der Waals surface area (Å²) >= 11 is 0. The molecule has 1 heteroatoms. The predicted molar refractivity (Wildman–Crippen MR) is 54.5 cm³/mol. The first-order valence-corrected chi connectivity index (χ1v) is 5.36. The molecule has 0 aromatic rings. The Labute approximate surface area is 80.5 Å². The van der Waals surface area contributed by atoms with E-state index in [4.69, 9.17) is 4.74 Å². The van der Waals surface area contributed by atoms with Crippen LogP contribution in [0.5, 0.6) is 0 Å². The van der Waals surface area contributed by atoms with E-state index in [2.05, 4.69) is 24.3 Å². The summed E-state index contributed by atoms with van der Waals surface area (Å²) in [6.07, 6.45) is 14.2. The maximum atomic E-state index is 5.70. The van der Waals surface area contributed by atoms with Crippen molar-refractivity contribution < 1.29 is 4.74 Å². The highest BCUT2D eigenvalue weighted by Gasteiger charge is 2.12. The maximum absolute atomic E-state index is 5.70. The Hall–Kier alpha value is -0.560. The number of hydrogen-bond acceptors (Lipinski definition) is 1. The van der Waals surface area contributed by atoms with Crippen LogP contribution in [0, 0.1) is 11.8 Å². The molecule has 0 aromatic carbocycles. The van der Waals surface area contributed by atoms with Gasteiger partial charge in [-0.3, -0.25) is 0 Å². The van der Waals surface area contributed by atoms with Gasteiger partial charge in [-0.15, -0.1) is 0 Å². The van der Waals surface area contributed by atoms with Gasteiger partial charge in [0, 0.05) is 11.8 Å². The lowest BCUT2D eigenvalue weighted by molar-refractivity contribution is 0.0929. The second-order valence-corrected chi connectivity index (χ2v) is 4.07. The van der Waals surface area contributed by atoms with E-state index in [9.17, 15) is 0 Å². The highest BCUT2D eigenvalue weighted by molar-refractivity contribution is 4.97. The van der Waals surface area contributed by atoms with Gasteiger partial charge in [0.25, 0.3) is 0 Å². The van der Waals surface area contributed by atoms with Gasteiger partial charge in [-0.25, -0.2) is 0 Å². The predicted octanol–water partition coefficient (Wildman–Crippen LogP) is 2.94. The summed E-state index contributed by atoms with van der Waals surface area (Å²) in [5.74, 6) is 1.40. The Morgan fingerprint density at radius 3 is 1.85 bits per heavy atom. The van der Waals surface area contributed by atoms with Crippen molar-refractivity contribution in [1.82, 2.24) is 0 Å². The maximum Gasteiger partial charge on any atom is 0.0529 e. The lowest BCUT2D eigenvalue weighted by Crippen LogP contribution is -2.10. The average molecular weight is 178 g/mol. The molecule has 0 aliphatic heterocycles. The third kappa shape index (κ3) is 2.70. The quantitative estimate of drug-likeness (QED) is 0.601. The van der Waals surface area contributed by atoms with E-state index in [0.29, 0.717) is 11.8 Å². The minimum Gasteiger partial charge on any atom is -0.380 e. The molecule has 0 saturated carbocycles. The van der Waals surface area contributed by atoms with E-state index >= 15 is 0 Å². The van der Waals surface area contributed by atoms with Gasteiger partial charge in [0.2, 0.25) is 0 Å². The van der Waals surface area contributed by atoms with Gasteiger partial charge in [0.05, 0.1) is 13.2 Å². The molecule has 0 heterocycles. The normalized spacial score (nSPS) is 31.7. The molecule has 0 amide bonds. The summed E-state index contributed by atoms with van der Waals surface area (Å²) in [7, 11) is 0. The van der Waals surface area contributed by atoms with Gasteiger partial charge in [-0.05, 0) is 25.7 Å². The number of hydrogen-bond donors (Lipinski definition) is 0. The Morgan fingerprint density at radius 2 is 1.46 bits per heavy atom. The van der Waals surface area contributed by atoms with Crippen molar-refractivity contribution in [3.8, 4) is 0 Å². The number of allylic oxidation sites excluding steroid dienone is 2. The Kier molecular flexibility index (Phi) is 3.20. The topological polar surface area (TPSA) is 9.23 Å². The van der Waals surface area contributed by atoms with Gasteiger partial charge in [-0.1, -0.05) is 24.3 Å². The smallest absolute Gasteiger partial charge is 0.0529 e. The summed E-state index contributed by atoms with van der Waals surface area (Å²) in [5, 5.41) is 0. The molecule has 0 aromatic heterocycles. The molecule has 0 saturated heterocycles. The van der Waals surface area contributed by atoms with E-state index in [1.54, 1.807) is 0 Å². The molecule has 0 radical (unpaired) electrons. The van der Waals surface area contributed by atoms with Crippen molar-refractivity contribution >= 4 is 0 Å². The molecule has 0 spiro atoms. The van der Waals surface area contributed by atoms with Crippen LogP contribution in [-0.2, 0) is 4.74 Å². The van der Waals surface area contributed by atoms with Crippen LogP contribution in [-0.4, -0.2) is 13.2 Å². The van der Waals surface area contributed by atoms with E-state index in [0.717, 1.165) is 13.2 Å². The number of ether oxygens (including phenoxy) is 1. The van der Waals surface area contributed by atoms with Crippen molar-refractivity contribution in [3.63, 3.8) is 0 Å². The SMILES string of the molecule is C1=CC(COCC2C=CCC2)CC1. The van der Waals surface area contributed by atoms with Crippen molar-refractivity contribution in [2.75, 3.05) is 13.2 Å². The number of rotatable bonds is 4. The Bertz CT molecular complexity index is 183. The molecule has 1 nitrogen and oxygen atoms in total. The van der Waals surface area contributed by atoms with Crippen LogP contribution in [0.25, 0.3) is 0 Å². The lowest BCUT2D eigenvalue weighted by Gasteiger charge is -2.11. The van der Waals surface area contributed by atoms with Crippen LogP contribution in [0.2, 0.25) is 0 Å². The standard InChI is InChI=1S/C12H18O/c1-2-6-11(5-1)9-13-10-12-7-3-4-8-12/h1,3,5,7,11-12H,2,4,6,8-10H2. The zero-order valence-electron chi connectivity index (χ0n) is 8.11. The first-order chi connectivity index (χ1) is 6.45. The zero-order valence-corrected chi connectivity index (χ0v) is 8.11. The van der Waals surface area contributed by atoms with E-state index in [-0.39, 0.29) is 0 Å². The average Bonchev–Trinajstić information content (AvgIpc) is 2.75. The summed E-state index contributed by atoms with van der Waals surface area (Å²) in [4.78, 5) is 0. The molecule has 0 fully saturated rings. The van der Waals surface area contributed by atoms with Crippen LogP contribution < -0.4 is 0 Å². The van der Waals surface area contributed by atoms with Crippen LogP contribution in [0.3, 0.4) is 0 Å². The Balaban J connectivity index is 1.57. The molecule has 0 bridgehead atoms. The molecule has 2 aliphatic carbocycles. The lowest BCUT2D eigenvalue weighted by atomic mass is 10.1. The molecular formula is C12H18O. The zero-order chi connectivity index (χ0) is 8.93. The van der Waals surface area contributed by atoms with Gasteiger partial charge in [0.1, 0.15) is 0 Å². The first kappa shape index (κ1) is 9.01. The second kappa shape index (κ2) is 4.61. The monoisotopic (exact) mass is 178 g/mol. The fourth-order valence-electron chi connectivity index (χ4n) is 2.04. The van der Waals surface area contributed by atoms with Crippen LogP contribution in [0.15, 0.2) is 24.3 Å². The van der Waals surface area contributed by atoms with E-state index in [1.165, 1.54) is 25.7 Å². The van der Waals surface area contributed by atoms with Crippen molar-refractivity contribution in [2.24, 2.45) is 11.8 Å². The molecule has 2 unspecified atom stereocenters.